The molecule has 0 unspecified atom stereocenters. The van der Waals surface area contributed by atoms with Gasteiger partial charge in [-0.15, -0.1) is 0 Å². The minimum absolute atomic E-state index is 0.118. The standard InChI is InChI=1S/C19H21NO3/c1-19(2,3)23-18(22)20-16-10-5-4-7-14(16)12-17(20)13-8-6-9-15(21)11-13/h4-5,7,10-12H,6,8-9H2,1-3H3. The molecule has 0 amide bonds. The maximum Gasteiger partial charge on any atom is 0.419 e. The zero-order valence-corrected chi connectivity index (χ0v) is 13.8. The first-order valence-electron chi connectivity index (χ1n) is 7.93. The third-order valence-electron chi connectivity index (χ3n) is 3.82. The Balaban J connectivity index is 2.16. The predicted octanol–water partition coefficient (Wildman–Crippen LogP) is 4.56. The van der Waals surface area contributed by atoms with E-state index < -0.39 is 11.7 Å². The van der Waals surface area contributed by atoms with Gasteiger partial charge in [-0.3, -0.25) is 4.79 Å². The Hall–Kier alpha value is -2.36. The summed E-state index contributed by atoms with van der Waals surface area (Å²) in [5.41, 5.74) is 1.89. The van der Waals surface area contributed by atoms with E-state index in [4.69, 9.17) is 4.74 Å². The van der Waals surface area contributed by atoms with Crippen molar-refractivity contribution in [3.63, 3.8) is 0 Å². The van der Waals surface area contributed by atoms with Crippen LogP contribution in [0.2, 0.25) is 0 Å². The molecule has 4 heteroatoms. The van der Waals surface area contributed by atoms with Crippen molar-refractivity contribution in [1.29, 1.82) is 0 Å². The van der Waals surface area contributed by atoms with E-state index in [1.807, 2.05) is 51.1 Å². The van der Waals surface area contributed by atoms with Gasteiger partial charge in [0.15, 0.2) is 5.78 Å². The summed E-state index contributed by atoms with van der Waals surface area (Å²) in [6, 6.07) is 9.65. The number of hydrogen-bond acceptors (Lipinski definition) is 3. The van der Waals surface area contributed by atoms with E-state index >= 15 is 0 Å². The Labute approximate surface area is 135 Å². The SMILES string of the molecule is CC(C)(C)OC(=O)n1c(C2=CC(=O)CCC2)cc2ccccc21. The molecule has 1 aromatic carbocycles. The van der Waals surface area contributed by atoms with E-state index in [-0.39, 0.29) is 5.78 Å². The van der Waals surface area contributed by atoms with Gasteiger partial charge in [-0.2, -0.15) is 0 Å². The van der Waals surface area contributed by atoms with Crippen molar-refractivity contribution < 1.29 is 14.3 Å². The number of ketones is 1. The Morgan fingerprint density at radius 3 is 2.61 bits per heavy atom. The van der Waals surface area contributed by atoms with Crippen LogP contribution in [0.3, 0.4) is 0 Å². The molecule has 23 heavy (non-hydrogen) atoms. The van der Waals surface area contributed by atoms with Crippen LogP contribution < -0.4 is 0 Å². The van der Waals surface area contributed by atoms with Crippen molar-refractivity contribution in [2.75, 3.05) is 0 Å². The molecular formula is C19H21NO3. The molecule has 0 spiro atoms. The molecule has 0 atom stereocenters. The molecule has 1 aromatic heterocycles. The van der Waals surface area contributed by atoms with Crippen molar-refractivity contribution in [3.05, 3.63) is 42.1 Å². The van der Waals surface area contributed by atoms with Gasteiger partial charge in [0.05, 0.1) is 11.2 Å². The Bertz CT molecular complexity index is 806. The zero-order valence-electron chi connectivity index (χ0n) is 13.8. The average molecular weight is 311 g/mol. The lowest BCUT2D eigenvalue weighted by molar-refractivity contribution is -0.114. The van der Waals surface area contributed by atoms with Gasteiger partial charge in [0.25, 0.3) is 0 Å². The Kier molecular flexibility index (Phi) is 3.84. The Morgan fingerprint density at radius 2 is 1.91 bits per heavy atom. The van der Waals surface area contributed by atoms with E-state index in [2.05, 4.69) is 0 Å². The molecule has 0 fully saturated rings. The van der Waals surface area contributed by atoms with Crippen LogP contribution in [0, 0.1) is 0 Å². The molecule has 1 heterocycles. The lowest BCUT2D eigenvalue weighted by atomic mass is 9.96. The number of allylic oxidation sites excluding steroid dienone is 2. The van der Waals surface area contributed by atoms with Crippen LogP contribution in [0.1, 0.15) is 45.7 Å². The van der Waals surface area contributed by atoms with Crippen LogP contribution in [-0.4, -0.2) is 22.0 Å². The number of rotatable bonds is 1. The molecule has 0 bridgehead atoms. The number of hydrogen-bond donors (Lipinski definition) is 0. The van der Waals surface area contributed by atoms with Gasteiger partial charge in [0, 0.05) is 11.8 Å². The van der Waals surface area contributed by atoms with Gasteiger partial charge in [-0.25, -0.2) is 9.36 Å². The molecule has 1 aliphatic carbocycles. The van der Waals surface area contributed by atoms with Crippen LogP contribution in [0.25, 0.3) is 16.5 Å². The summed E-state index contributed by atoms with van der Waals surface area (Å²) in [5.74, 6) is 0.118. The second kappa shape index (κ2) is 5.69. The zero-order chi connectivity index (χ0) is 16.6. The normalized spacial score (nSPS) is 15.6. The van der Waals surface area contributed by atoms with Crippen molar-refractivity contribution in [2.24, 2.45) is 0 Å². The van der Waals surface area contributed by atoms with Gasteiger partial charge < -0.3 is 4.74 Å². The summed E-state index contributed by atoms with van der Waals surface area (Å²) < 4.78 is 7.15. The number of nitrogens with zero attached hydrogens (tertiary/aromatic N) is 1. The highest BCUT2D eigenvalue weighted by Gasteiger charge is 2.24. The Morgan fingerprint density at radius 1 is 1.17 bits per heavy atom. The maximum atomic E-state index is 12.7. The molecule has 2 aromatic rings. The molecule has 0 N–H and O–H groups in total. The molecule has 1 aliphatic rings. The first-order chi connectivity index (χ1) is 10.8. The monoisotopic (exact) mass is 311 g/mol. The van der Waals surface area contributed by atoms with E-state index in [0.29, 0.717) is 6.42 Å². The van der Waals surface area contributed by atoms with Gasteiger partial charge >= 0.3 is 6.09 Å². The van der Waals surface area contributed by atoms with Crippen molar-refractivity contribution >= 4 is 28.4 Å². The molecule has 120 valence electrons. The fraction of sp³-hybridized carbons (Fsp3) is 0.368. The lowest BCUT2D eigenvalue weighted by Crippen LogP contribution is -2.28. The molecule has 3 rings (SSSR count). The molecule has 4 nitrogen and oxygen atoms in total. The summed E-state index contributed by atoms with van der Waals surface area (Å²) >= 11 is 0. The summed E-state index contributed by atoms with van der Waals surface area (Å²) in [4.78, 5) is 24.5. The number of para-hydroxylation sites is 1. The van der Waals surface area contributed by atoms with E-state index in [1.54, 1.807) is 10.6 Å². The van der Waals surface area contributed by atoms with E-state index in [1.165, 1.54) is 0 Å². The average Bonchev–Trinajstić information content (AvgIpc) is 2.85. The number of benzene rings is 1. The van der Waals surface area contributed by atoms with Crippen molar-refractivity contribution in [1.82, 2.24) is 4.57 Å². The number of fused-ring (bicyclic) bond motifs is 1. The van der Waals surface area contributed by atoms with E-state index in [0.717, 1.165) is 35.0 Å². The third-order valence-corrected chi connectivity index (χ3v) is 3.82. The summed E-state index contributed by atoms with van der Waals surface area (Å²) in [6.45, 7) is 5.54. The second-order valence-electron chi connectivity index (χ2n) is 6.89. The van der Waals surface area contributed by atoms with Gasteiger partial charge in [-0.1, -0.05) is 18.2 Å². The molecule has 0 saturated heterocycles. The molecule has 0 saturated carbocycles. The highest BCUT2D eigenvalue weighted by molar-refractivity contribution is 6.01. The van der Waals surface area contributed by atoms with Crippen molar-refractivity contribution in [2.45, 2.75) is 45.6 Å². The van der Waals surface area contributed by atoms with Gasteiger partial charge in [-0.05, 0) is 57.4 Å². The fourth-order valence-corrected chi connectivity index (χ4v) is 2.89. The first-order valence-corrected chi connectivity index (χ1v) is 7.93. The highest BCUT2D eigenvalue weighted by Crippen LogP contribution is 2.31. The fourth-order valence-electron chi connectivity index (χ4n) is 2.89. The first kappa shape index (κ1) is 15.5. The van der Waals surface area contributed by atoms with Crippen LogP contribution in [-0.2, 0) is 9.53 Å². The lowest BCUT2D eigenvalue weighted by Gasteiger charge is -2.22. The topological polar surface area (TPSA) is 48.3 Å². The maximum absolute atomic E-state index is 12.7. The minimum Gasteiger partial charge on any atom is -0.443 e. The quantitative estimate of drug-likeness (QED) is 0.775. The summed E-state index contributed by atoms with van der Waals surface area (Å²) in [7, 11) is 0. The van der Waals surface area contributed by atoms with Crippen LogP contribution >= 0.6 is 0 Å². The number of carbonyl (C=O) groups is 2. The number of ether oxygens (including phenoxy) is 1. The van der Waals surface area contributed by atoms with Crippen LogP contribution in [0.15, 0.2) is 36.4 Å². The number of aromatic nitrogens is 1. The minimum atomic E-state index is -0.573. The highest BCUT2D eigenvalue weighted by atomic mass is 16.6. The van der Waals surface area contributed by atoms with Gasteiger partial charge in [0.2, 0.25) is 0 Å². The van der Waals surface area contributed by atoms with Gasteiger partial charge in [0.1, 0.15) is 5.60 Å². The van der Waals surface area contributed by atoms with Crippen LogP contribution in [0.5, 0.6) is 0 Å². The summed E-state index contributed by atoms with van der Waals surface area (Å²) in [6.07, 6.45) is 3.45. The summed E-state index contributed by atoms with van der Waals surface area (Å²) in [5, 5.41) is 0.965. The predicted molar refractivity (Wildman–Crippen MR) is 90.4 cm³/mol. The molecular weight excluding hydrogens is 290 g/mol. The van der Waals surface area contributed by atoms with Crippen LogP contribution in [0.4, 0.5) is 4.79 Å². The largest absolute Gasteiger partial charge is 0.443 e. The molecule has 0 aliphatic heterocycles. The molecule has 0 radical (unpaired) electrons. The number of carbonyl (C=O) groups excluding carboxylic acids is 2. The van der Waals surface area contributed by atoms with E-state index in [9.17, 15) is 9.59 Å². The third kappa shape index (κ3) is 3.21. The van der Waals surface area contributed by atoms with Crippen molar-refractivity contribution in [3.8, 4) is 0 Å². The second-order valence-corrected chi connectivity index (χ2v) is 6.89. The smallest absolute Gasteiger partial charge is 0.419 e.